The number of carbonyl (C=O) groups is 2. The molecule has 0 unspecified atom stereocenters. The van der Waals surface area contributed by atoms with Gasteiger partial charge in [0.05, 0.1) is 29.2 Å². The van der Waals surface area contributed by atoms with E-state index in [-0.39, 0.29) is 43.2 Å². The normalized spacial score (nSPS) is 11.6. The average molecular weight is 801 g/mol. The van der Waals surface area contributed by atoms with Crippen molar-refractivity contribution in [2.45, 2.75) is 25.9 Å². The van der Waals surface area contributed by atoms with Gasteiger partial charge in [-0.1, -0.05) is 115 Å². The second-order valence-electron chi connectivity index (χ2n) is 13.4. The highest BCUT2D eigenvalue weighted by Crippen LogP contribution is 2.30. The van der Waals surface area contributed by atoms with Crippen molar-refractivity contribution in [3.63, 3.8) is 0 Å². The minimum atomic E-state index is -3.61. The largest absolute Gasteiger partial charge is 0.492 e. The zero-order chi connectivity index (χ0) is 40.7. The molecule has 0 fully saturated rings. The fourth-order valence-corrected chi connectivity index (χ4v) is 6.47. The van der Waals surface area contributed by atoms with Gasteiger partial charge in [0.15, 0.2) is 0 Å². The third-order valence-corrected chi connectivity index (χ3v) is 9.47. The molecule has 6 rings (SSSR count). The highest BCUT2D eigenvalue weighted by molar-refractivity contribution is 7.92. The summed E-state index contributed by atoms with van der Waals surface area (Å²) in [5, 5.41) is 14.0. The standard InChI is InChI=1S/C46H44N2O9S/c1-58(52,53)48-42-28-38(20-24-44(42)55-30-33-11-5-2-6-12-33)43(49)29-47-25-26-54-39-21-17-36(18-22-39)37-19-23-40(45(50)56-31-34-13-7-3-8-14-34)41(27-37)46(51)57-32-35-15-9-4-10-16-35/h2-24,27-28,43,47-49H,25-26,29-32H2,1H3/t43-/m0/s1. The number of nitrogens with one attached hydrogen (secondary N) is 2. The first-order valence-electron chi connectivity index (χ1n) is 18.6. The van der Waals surface area contributed by atoms with E-state index in [0.717, 1.165) is 28.5 Å². The van der Waals surface area contributed by atoms with Crippen molar-refractivity contribution in [3.8, 4) is 22.6 Å². The molecule has 0 aliphatic heterocycles. The van der Waals surface area contributed by atoms with Gasteiger partial charge in [0.2, 0.25) is 10.0 Å². The van der Waals surface area contributed by atoms with Crippen LogP contribution in [-0.2, 0) is 39.3 Å². The van der Waals surface area contributed by atoms with E-state index in [2.05, 4.69) is 10.0 Å². The number of carbonyl (C=O) groups excluding carboxylic acids is 2. The summed E-state index contributed by atoms with van der Waals surface area (Å²) in [7, 11) is -3.61. The molecular weight excluding hydrogens is 757 g/mol. The molecule has 12 heteroatoms. The molecule has 0 aromatic heterocycles. The third kappa shape index (κ3) is 12.3. The van der Waals surface area contributed by atoms with Gasteiger partial charge in [0, 0.05) is 13.1 Å². The maximum absolute atomic E-state index is 13.4. The lowest BCUT2D eigenvalue weighted by atomic mass is 9.99. The second kappa shape index (κ2) is 20.1. The van der Waals surface area contributed by atoms with E-state index >= 15 is 0 Å². The number of rotatable bonds is 19. The van der Waals surface area contributed by atoms with Crippen LogP contribution in [0.15, 0.2) is 152 Å². The minimum Gasteiger partial charge on any atom is -0.492 e. The fraction of sp³-hybridized carbons (Fsp3) is 0.174. The van der Waals surface area contributed by atoms with Gasteiger partial charge in [-0.05, 0) is 69.8 Å². The molecule has 3 N–H and O–H groups in total. The number of benzene rings is 6. The average Bonchev–Trinajstić information content (AvgIpc) is 3.24. The van der Waals surface area contributed by atoms with Crippen LogP contribution in [0.5, 0.6) is 11.5 Å². The lowest BCUT2D eigenvalue weighted by Crippen LogP contribution is -2.26. The Morgan fingerprint density at radius 2 is 1.17 bits per heavy atom. The van der Waals surface area contributed by atoms with E-state index in [1.807, 2.05) is 103 Å². The highest BCUT2D eigenvalue weighted by Gasteiger charge is 2.21. The van der Waals surface area contributed by atoms with Gasteiger partial charge in [-0.25, -0.2) is 18.0 Å². The number of aliphatic hydroxyl groups is 1. The quantitative estimate of drug-likeness (QED) is 0.0549. The fourth-order valence-electron chi connectivity index (χ4n) is 5.91. The van der Waals surface area contributed by atoms with Gasteiger partial charge in [-0.15, -0.1) is 0 Å². The first-order valence-corrected chi connectivity index (χ1v) is 20.5. The summed E-state index contributed by atoms with van der Waals surface area (Å²) >= 11 is 0. The molecule has 0 heterocycles. The van der Waals surface area contributed by atoms with Crippen molar-refractivity contribution >= 4 is 27.6 Å². The summed E-state index contributed by atoms with van der Waals surface area (Å²) in [4.78, 5) is 26.6. The number of hydrogen-bond acceptors (Lipinski definition) is 10. The third-order valence-electron chi connectivity index (χ3n) is 8.88. The van der Waals surface area contributed by atoms with Crippen LogP contribution in [-0.4, -0.2) is 51.4 Å². The van der Waals surface area contributed by atoms with Crippen LogP contribution in [0.4, 0.5) is 5.69 Å². The van der Waals surface area contributed by atoms with Crippen molar-refractivity contribution < 1.29 is 42.1 Å². The molecule has 6 aromatic carbocycles. The molecule has 1 atom stereocenters. The van der Waals surface area contributed by atoms with Crippen molar-refractivity contribution in [1.29, 1.82) is 0 Å². The molecule has 6 aromatic rings. The number of sulfonamides is 1. The van der Waals surface area contributed by atoms with Crippen LogP contribution < -0.4 is 19.5 Å². The van der Waals surface area contributed by atoms with Gasteiger partial charge in [-0.2, -0.15) is 0 Å². The van der Waals surface area contributed by atoms with Gasteiger partial charge in [0.1, 0.15) is 37.9 Å². The van der Waals surface area contributed by atoms with Crippen LogP contribution >= 0.6 is 0 Å². The van der Waals surface area contributed by atoms with Crippen molar-refractivity contribution in [2.75, 3.05) is 30.7 Å². The summed E-state index contributed by atoms with van der Waals surface area (Å²) in [6, 6.07) is 45.2. The van der Waals surface area contributed by atoms with E-state index < -0.39 is 28.1 Å². The predicted octanol–water partition coefficient (Wildman–Crippen LogP) is 7.72. The molecule has 58 heavy (non-hydrogen) atoms. The van der Waals surface area contributed by atoms with Crippen LogP contribution in [0, 0.1) is 0 Å². The predicted molar refractivity (Wildman–Crippen MR) is 222 cm³/mol. The first kappa shape index (κ1) is 41.2. The van der Waals surface area contributed by atoms with Crippen molar-refractivity contribution in [2.24, 2.45) is 0 Å². The highest BCUT2D eigenvalue weighted by atomic mass is 32.2. The molecule has 0 amide bonds. The lowest BCUT2D eigenvalue weighted by molar-refractivity contribution is 0.0425. The molecule has 11 nitrogen and oxygen atoms in total. The van der Waals surface area contributed by atoms with Crippen LogP contribution in [0.1, 0.15) is 49.1 Å². The molecular formula is C46H44N2O9S. The van der Waals surface area contributed by atoms with E-state index in [1.54, 1.807) is 48.5 Å². The molecule has 0 aliphatic rings. The summed E-state index contributed by atoms with van der Waals surface area (Å²) in [6.45, 7) is 1.27. The van der Waals surface area contributed by atoms with E-state index in [4.69, 9.17) is 18.9 Å². The van der Waals surface area contributed by atoms with E-state index in [9.17, 15) is 23.1 Å². The van der Waals surface area contributed by atoms with Crippen molar-refractivity contribution in [1.82, 2.24) is 5.32 Å². The number of anilines is 1. The number of esters is 2. The second-order valence-corrected chi connectivity index (χ2v) is 15.1. The Morgan fingerprint density at radius 3 is 1.76 bits per heavy atom. The topological polar surface area (TPSA) is 149 Å². The monoisotopic (exact) mass is 800 g/mol. The maximum atomic E-state index is 13.4. The van der Waals surface area contributed by atoms with Crippen molar-refractivity contribution in [3.05, 3.63) is 185 Å². The number of ether oxygens (including phenoxy) is 4. The molecule has 0 bridgehead atoms. The minimum absolute atomic E-state index is 0.0458. The Labute approximate surface area is 338 Å². The Balaban J connectivity index is 1.04. The van der Waals surface area contributed by atoms with Crippen LogP contribution in [0.3, 0.4) is 0 Å². The van der Waals surface area contributed by atoms with E-state index in [0.29, 0.717) is 35.8 Å². The Kier molecular flexibility index (Phi) is 14.3. The summed E-state index contributed by atoms with van der Waals surface area (Å²) < 4.78 is 49.6. The summed E-state index contributed by atoms with van der Waals surface area (Å²) in [5.41, 5.74) is 4.98. The number of hydrogen-bond donors (Lipinski definition) is 3. The Hall–Kier alpha value is -6.47. The zero-order valence-electron chi connectivity index (χ0n) is 31.9. The van der Waals surface area contributed by atoms with Crippen LogP contribution in [0.25, 0.3) is 11.1 Å². The lowest BCUT2D eigenvalue weighted by Gasteiger charge is -2.17. The van der Waals surface area contributed by atoms with Gasteiger partial charge >= 0.3 is 11.9 Å². The van der Waals surface area contributed by atoms with Gasteiger partial charge < -0.3 is 29.4 Å². The molecule has 298 valence electrons. The summed E-state index contributed by atoms with van der Waals surface area (Å²) in [5.74, 6) is -0.332. The molecule has 0 saturated carbocycles. The van der Waals surface area contributed by atoms with E-state index in [1.165, 1.54) is 0 Å². The first-order chi connectivity index (χ1) is 28.1. The molecule has 0 radical (unpaired) electrons. The molecule has 0 saturated heterocycles. The van der Waals surface area contributed by atoms with Crippen LogP contribution in [0.2, 0.25) is 0 Å². The molecule has 0 aliphatic carbocycles. The van der Waals surface area contributed by atoms with Gasteiger partial charge in [0.25, 0.3) is 0 Å². The summed E-state index contributed by atoms with van der Waals surface area (Å²) in [6.07, 6.45) is 0.125. The Bertz CT molecular complexity index is 2380. The molecule has 0 spiro atoms. The maximum Gasteiger partial charge on any atom is 0.339 e. The van der Waals surface area contributed by atoms with Gasteiger partial charge in [-0.3, -0.25) is 4.72 Å². The number of aliphatic hydroxyl groups excluding tert-OH is 1. The Morgan fingerprint density at radius 1 is 0.621 bits per heavy atom. The SMILES string of the molecule is CS(=O)(=O)Nc1cc([C@@H](O)CNCCOc2ccc(-c3ccc(C(=O)OCc4ccccc4)c(C(=O)OCc4ccccc4)c3)cc2)ccc1OCc1ccccc1. The zero-order valence-corrected chi connectivity index (χ0v) is 32.7. The smallest absolute Gasteiger partial charge is 0.339 e.